The van der Waals surface area contributed by atoms with Crippen LogP contribution in [0.2, 0.25) is 18.6 Å². The molecule has 0 aliphatic carbocycles. The van der Waals surface area contributed by atoms with Gasteiger partial charge in [0.25, 0.3) is 0 Å². The van der Waals surface area contributed by atoms with Crippen LogP contribution in [0.5, 0.6) is 0 Å². The molecule has 2 N–H and O–H groups in total. The highest BCUT2D eigenvalue weighted by Gasteiger charge is 2.49. The molecule has 1 saturated heterocycles. The van der Waals surface area contributed by atoms with Crippen LogP contribution < -0.4 is 0 Å². The lowest BCUT2D eigenvalue weighted by atomic mass is 9.95. The number of hydrogen-bond donors (Lipinski definition) is 2. The van der Waals surface area contributed by atoms with Crippen LogP contribution in [-0.2, 0) is 11.3 Å². The normalized spacial score (nSPS) is 24.3. The summed E-state index contributed by atoms with van der Waals surface area (Å²) in [5.41, 5.74) is 2.05. The summed E-state index contributed by atoms with van der Waals surface area (Å²) in [6.07, 6.45) is 10.5. The Balaban J connectivity index is 1.60. The topological polar surface area (TPSA) is 80.4 Å². The van der Waals surface area contributed by atoms with Crippen LogP contribution in [0, 0.1) is 5.92 Å². The van der Waals surface area contributed by atoms with E-state index in [0.717, 1.165) is 24.1 Å². The monoisotopic (exact) mass is 473 g/mol. The van der Waals surface area contributed by atoms with E-state index in [-0.39, 0.29) is 30.3 Å². The summed E-state index contributed by atoms with van der Waals surface area (Å²) in [6.45, 7) is 9.31. The Morgan fingerprint density at radius 2 is 1.79 bits per heavy atom. The maximum atomic E-state index is 11.0. The summed E-state index contributed by atoms with van der Waals surface area (Å²) >= 11 is 0. The van der Waals surface area contributed by atoms with E-state index in [4.69, 9.17) is 4.74 Å². The molecule has 1 aliphatic heterocycles. The third kappa shape index (κ3) is 6.98. The van der Waals surface area contributed by atoms with Crippen molar-refractivity contribution in [2.24, 2.45) is 5.92 Å². The Hall–Kier alpha value is -1.54. The summed E-state index contributed by atoms with van der Waals surface area (Å²) in [6, 6.07) is 9.94. The molecule has 0 radical (unpaired) electrons. The van der Waals surface area contributed by atoms with E-state index >= 15 is 0 Å². The molecule has 7 heteroatoms. The number of aliphatic hydroxyl groups excluding tert-OH is 1. The van der Waals surface area contributed by atoms with E-state index in [9.17, 15) is 9.90 Å². The van der Waals surface area contributed by atoms with Gasteiger partial charge in [-0.3, -0.25) is 4.68 Å². The van der Waals surface area contributed by atoms with Gasteiger partial charge in [0.05, 0.1) is 30.4 Å². The molecule has 184 valence electrons. The summed E-state index contributed by atoms with van der Waals surface area (Å²) < 4.78 is 8.42. The molecule has 1 aromatic carbocycles. The fraction of sp³-hybridized carbons (Fsp3) is 0.692. The number of unbranched alkanes of at least 4 members (excludes halogenated alkanes) is 4. The number of aromatic nitrogens is 3. The maximum Gasteiger partial charge on any atom is 0.188 e. The third-order valence-corrected chi connectivity index (χ3v) is 9.78. The Kier molecular flexibility index (Phi) is 9.67. The van der Waals surface area contributed by atoms with Gasteiger partial charge in [0.15, 0.2) is 8.32 Å². The highest BCUT2D eigenvalue weighted by Crippen LogP contribution is 2.45. The van der Waals surface area contributed by atoms with Crippen molar-refractivity contribution in [2.75, 3.05) is 6.61 Å². The van der Waals surface area contributed by atoms with Crippen LogP contribution in [0.25, 0.3) is 0 Å². The molecule has 5 atom stereocenters. The molecule has 0 amide bonds. The van der Waals surface area contributed by atoms with Gasteiger partial charge in [0, 0.05) is 18.3 Å². The van der Waals surface area contributed by atoms with Gasteiger partial charge in [-0.05, 0) is 37.4 Å². The van der Waals surface area contributed by atoms with Crippen LogP contribution >= 0.6 is 0 Å². The molecule has 2 aromatic rings. The van der Waals surface area contributed by atoms with Gasteiger partial charge >= 0.3 is 0 Å². The Labute approximate surface area is 200 Å². The smallest absolute Gasteiger partial charge is 0.188 e. The quantitative estimate of drug-likeness (QED) is 0.312. The highest BCUT2D eigenvalue weighted by molar-refractivity contribution is 6.71. The minimum absolute atomic E-state index is 0.00172. The van der Waals surface area contributed by atoms with Crippen molar-refractivity contribution in [2.45, 2.75) is 102 Å². The molecule has 2 heterocycles. The van der Waals surface area contributed by atoms with Crippen molar-refractivity contribution in [3.63, 3.8) is 0 Å². The van der Waals surface area contributed by atoms with Crippen LogP contribution in [0.4, 0.5) is 0 Å². The lowest BCUT2D eigenvalue weighted by Crippen LogP contribution is -2.40. The van der Waals surface area contributed by atoms with E-state index in [0.29, 0.717) is 12.5 Å². The zero-order valence-corrected chi connectivity index (χ0v) is 21.9. The average molecular weight is 474 g/mol. The van der Waals surface area contributed by atoms with E-state index in [2.05, 4.69) is 24.2 Å². The molecule has 1 fully saturated rings. The van der Waals surface area contributed by atoms with Crippen LogP contribution in [-0.4, -0.2) is 52.0 Å². The number of aliphatic hydroxyl groups is 1. The van der Waals surface area contributed by atoms with E-state index in [1.165, 1.54) is 32.1 Å². The molecule has 6 nitrogen and oxygen atoms in total. The number of benzene rings is 1. The van der Waals surface area contributed by atoms with Gasteiger partial charge in [-0.25, -0.2) is 0 Å². The van der Waals surface area contributed by atoms with Crippen LogP contribution in [0.15, 0.2) is 36.5 Å². The van der Waals surface area contributed by atoms with Crippen LogP contribution in [0.3, 0.4) is 0 Å². The number of nitrogens with zero attached hydrogens (tertiary/aromatic N) is 3. The van der Waals surface area contributed by atoms with Crippen molar-refractivity contribution in [3.05, 3.63) is 47.8 Å². The molecule has 3 rings (SSSR count). The van der Waals surface area contributed by atoms with E-state index < -0.39 is 8.32 Å². The highest BCUT2D eigenvalue weighted by atomic mass is 28.4. The Bertz CT molecular complexity index is 824. The number of aryl methyl sites for hydroxylation is 1. The second kappa shape index (κ2) is 12.2. The van der Waals surface area contributed by atoms with Gasteiger partial charge in [0.1, 0.15) is 0 Å². The lowest BCUT2D eigenvalue weighted by molar-refractivity contribution is 0.0229. The zero-order valence-electron chi connectivity index (χ0n) is 20.9. The van der Waals surface area contributed by atoms with Crippen molar-refractivity contribution in [3.8, 4) is 0 Å². The Morgan fingerprint density at radius 1 is 1.06 bits per heavy atom. The second-order valence-corrected chi connectivity index (χ2v) is 14.3. The van der Waals surface area contributed by atoms with E-state index in [1.54, 1.807) is 0 Å². The van der Waals surface area contributed by atoms with Crippen molar-refractivity contribution >= 4 is 8.32 Å². The molecule has 0 saturated carbocycles. The predicted molar refractivity (Wildman–Crippen MR) is 135 cm³/mol. The van der Waals surface area contributed by atoms with Crippen molar-refractivity contribution in [1.29, 1.82) is 0 Å². The van der Waals surface area contributed by atoms with Gasteiger partial charge in [-0.2, -0.15) is 0 Å². The predicted octanol–water partition coefficient (Wildman–Crippen LogP) is 5.12. The molecule has 0 spiro atoms. The summed E-state index contributed by atoms with van der Waals surface area (Å²) in [4.78, 5) is 11.0. The molecule has 1 aliphatic rings. The summed E-state index contributed by atoms with van der Waals surface area (Å²) in [7, 11) is -2.36. The largest absolute Gasteiger partial charge is 0.432 e. The minimum Gasteiger partial charge on any atom is -0.432 e. The second-order valence-electron chi connectivity index (χ2n) is 10.3. The zero-order chi connectivity index (χ0) is 23.8. The molecular weight excluding hydrogens is 430 g/mol. The summed E-state index contributed by atoms with van der Waals surface area (Å²) in [5, 5.41) is 18.6. The molecule has 1 aromatic heterocycles. The van der Waals surface area contributed by atoms with Crippen molar-refractivity contribution in [1.82, 2.24) is 15.0 Å². The molecule has 1 unspecified atom stereocenters. The molecule has 33 heavy (non-hydrogen) atoms. The van der Waals surface area contributed by atoms with E-state index in [1.807, 2.05) is 54.3 Å². The van der Waals surface area contributed by atoms with Gasteiger partial charge in [-0.15, -0.1) is 5.10 Å². The number of ether oxygens (including phenoxy) is 1. The minimum atomic E-state index is -2.36. The Morgan fingerprint density at radius 3 is 2.45 bits per heavy atom. The molecular formula is C26H43N3O3Si. The average Bonchev–Trinajstić information content (AvgIpc) is 3.37. The standard InChI is InChI=1S/C26H43N3O3Si/c1-5-6-7-8-12-15-24-20(2)26(33(3,4)31)25(32-24)16-17-29-18-23(27-28-29)22(19-30)21-13-10-9-11-14-21/h9-11,13-14,18,20,22,24-26,30-31H,5-8,12,15-17,19H2,1-4H3/t20-,22?,24+,25-,26+/m0/s1. The lowest BCUT2D eigenvalue weighted by Gasteiger charge is -2.30. The number of hydrogen-bond acceptors (Lipinski definition) is 5. The third-order valence-electron chi connectivity index (χ3n) is 7.25. The fourth-order valence-corrected chi connectivity index (χ4v) is 8.18. The maximum absolute atomic E-state index is 11.0. The van der Waals surface area contributed by atoms with Gasteiger partial charge in [0.2, 0.25) is 0 Å². The summed E-state index contributed by atoms with van der Waals surface area (Å²) in [5.74, 6) is 0.215. The first kappa shape index (κ1) is 26.1. The first-order chi connectivity index (χ1) is 15.8. The SMILES string of the molecule is CCCCCCC[C@H]1O[C@@H](CCn2cc(C(CO)c3ccccc3)nn2)[C@H]([Si](C)(C)O)[C@H]1C. The van der Waals surface area contributed by atoms with Gasteiger partial charge < -0.3 is 14.6 Å². The fourth-order valence-electron chi connectivity index (χ4n) is 5.53. The molecule has 0 bridgehead atoms. The van der Waals surface area contributed by atoms with Crippen LogP contribution in [0.1, 0.15) is 76.0 Å². The first-order valence-electron chi connectivity index (χ1n) is 12.8. The van der Waals surface area contributed by atoms with Gasteiger partial charge in [-0.1, -0.05) is 81.5 Å². The van der Waals surface area contributed by atoms with Crippen molar-refractivity contribution < 1.29 is 14.6 Å². The number of rotatable bonds is 13. The first-order valence-corrected chi connectivity index (χ1v) is 15.8.